The van der Waals surface area contributed by atoms with Gasteiger partial charge in [0.1, 0.15) is 0 Å². The minimum atomic E-state index is -4.56. The van der Waals surface area contributed by atoms with Crippen molar-refractivity contribution < 1.29 is 27.9 Å². The van der Waals surface area contributed by atoms with Crippen molar-refractivity contribution in [3.63, 3.8) is 0 Å². The zero-order valence-electron chi connectivity index (χ0n) is 13.3. The fraction of sp³-hybridized carbons (Fsp3) is 0.0556. The van der Waals surface area contributed by atoms with E-state index in [1.807, 2.05) is 0 Å². The molecule has 1 heterocycles. The van der Waals surface area contributed by atoms with Gasteiger partial charge in [0.2, 0.25) is 0 Å². The van der Waals surface area contributed by atoms with Crippen LogP contribution in [0.25, 0.3) is 6.08 Å². The predicted molar refractivity (Wildman–Crippen MR) is 97.9 cm³/mol. The molecule has 1 amide bonds. The molecule has 0 aromatic heterocycles. The molecular weight excluding hydrogens is 399 g/mol. The molecule has 0 spiro atoms. The number of nitrogens with zero attached hydrogens (tertiary/aromatic N) is 1. The second kappa shape index (κ2) is 7.16. The van der Waals surface area contributed by atoms with Crippen molar-refractivity contribution >= 4 is 51.9 Å². The average Bonchev–Trinajstić information content (AvgIpc) is 2.88. The number of hydrogen-bond acceptors (Lipinski definition) is 5. The molecule has 0 unspecified atom stereocenters. The Morgan fingerprint density at radius 2 is 1.85 bits per heavy atom. The molecule has 27 heavy (non-hydrogen) atoms. The van der Waals surface area contributed by atoms with Gasteiger partial charge < -0.3 is 9.90 Å². The van der Waals surface area contributed by atoms with E-state index >= 15 is 0 Å². The van der Waals surface area contributed by atoms with Crippen LogP contribution in [0.1, 0.15) is 21.5 Å². The summed E-state index contributed by atoms with van der Waals surface area (Å²) >= 11 is 6.01. The first-order valence-corrected chi connectivity index (χ1v) is 8.66. The van der Waals surface area contributed by atoms with Gasteiger partial charge in [-0.1, -0.05) is 54.3 Å². The van der Waals surface area contributed by atoms with E-state index in [2.05, 4.69) is 0 Å². The standard InChI is InChI=1S/C18H10F3NO3S2/c19-18(20,21)11-5-3-6-12(9-11)22-15(23)14(27-17(22)26)8-10-4-1-2-7-13(10)16(24)25/h1-9H,(H,24,25)/p-1/b14-8+. The summed E-state index contributed by atoms with van der Waals surface area (Å²) in [5.74, 6) is -2.03. The second-order valence-electron chi connectivity index (χ2n) is 5.44. The molecular formula is C18H9F3NO3S2-. The molecule has 1 saturated heterocycles. The monoisotopic (exact) mass is 408 g/mol. The highest BCUT2D eigenvalue weighted by Gasteiger charge is 2.36. The molecule has 9 heteroatoms. The maximum atomic E-state index is 12.9. The van der Waals surface area contributed by atoms with Gasteiger partial charge in [0, 0.05) is 5.56 Å². The SMILES string of the molecule is O=C([O-])c1ccccc1/C=C1/SC(=S)N(c2cccc(C(F)(F)F)c2)C1=O. The van der Waals surface area contributed by atoms with Gasteiger partial charge in [-0.25, -0.2) is 0 Å². The summed E-state index contributed by atoms with van der Waals surface area (Å²) in [6.07, 6.45) is -3.22. The molecule has 0 aliphatic carbocycles. The van der Waals surface area contributed by atoms with Crippen LogP contribution in [0, 0.1) is 0 Å². The number of anilines is 1. The molecule has 2 aromatic rings. The summed E-state index contributed by atoms with van der Waals surface area (Å²) in [7, 11) is 0. The number of carbonyl (C=O) groups excluding carboxylic acids is 2. The lowest BCUT2D eigenvalue weighted by molar-refractivity contribution is -0.255. The van der Waals surface area contributed by atoms with Crippen LogP contribution in [0.15, 0.2) is 53.4 Å². The van der Waals surface area contributed by atoms with Crippen molar-refractivity contribution in [3.05, 3.63) is 70.1 Å². The van der Waals surface area contributed by atoms with E-state index < -0.39 is 23.6 Å². The van der Waals surface area contributed by atoms with E-state index in [1.54, 1.807) is 6.07 Å². The maximum absolute atomic E-state index is 12.9. The lowest BCUT2D eigenvalue weighted by atomic mass is 10.1. The molecule has 0 bridgehead atoms. The topological polar surface area (TPSA) is 60.4 Å². The first-order chi connectivity index (χ1) is 12.7. The van der Waals surface area contributed by atoms with Crippen LogP contribution in [0.3, 0.4) is 0 Å². The minimum Gasteiger partial charge on any atom is -0.545 e. The first kappa shape index (κ1) is 19.1. The zero-order valence-corrected chi connectivity index (χ0v) is 15.0. The van der Waals surface area contributed by atoms with Crippen molar-refractivity contribution in [2.75, 3.05) is 4.90 Å². The predicted octanol–water partition coefficient (Wildman–Crippen LogP) is 3.47. The summed E-state index contributed by atoms with van der Waals surface area (Å²) in [6.45, 7) is 0. The highest BCUT2D eigenvalue weighted by molar-refractivity contribution is 8.27. The summed E-state index contributed by atoms with van der Waals surface area (Å²) in [6, 6.07) is 10.2. The molecule has 1 aliphatic heterocycles. The Balaban J connectivity index is 1.98. The summed E-state index contributed by atoms with van der Waals surface area (Å²) < 4.78 is 38.8. The fourth-order valence-electron chi connectivity index (χ4n) is 2.46. The number of alkyl halides is 3. The molecule has 1 fully saturated rings. The number of hydrogen-bond donors (Lipinski definition) is 0. The number of aromatic carboxylic acids is 1. The number of amides is 1. The van der Waals surface area contributed by atoms with Crippen LogP contribution < -0.4 is 10.0 Å². The second-order valence-corrected chi connectivity index (χ2v) is 7.12. The Bertz CT molecular complexity index is 986. The van der Waals surface area contributed by atoms with Gasteiger partial charge in [0.25, 0.3) is 5.91 Å². The van der Waals surface area contributed by atoms with E-state index in [4.69, 9.17) is 12.2 Å². The van der Waals surface area contributed by atoms with Crippen molar-refractivity contribution in [1.29, 1.82) is 0 Å². The smallest absolute Gasteiger partial charge is 0.416 e. The molecule has 4 nitrogen and oxygen atoms in total. The molecule has 2 aromatic carbocycles. The van der Waals surface area contributed by atoms with Gasteiger partial charge in [-0.05, 0) is 29.8 Å². The molecule has 3 rings (SSSR count). The number of rotatable bonds is 3. The van der Waals surface area contributed by atoms with Crippen LogP contribution in [-0.4, -0.2) is 16.2 Å². The Labute approximate surface area is 161 Å². The van der Waals surface area contributed by atoms with E-state index in [-0.39, 0.29) is 26.0 Å². The number of halogens is 3. The Morgan fingerprint density at radius 1 is 1.15 bits per heavy atom. The van der Waals surface area contributed by atoms with Crippen LogP contribution in [-0.2, 0) is 11.0 Å². The van der Waals surface area contributed by atoms with Crippen molar-refractivity contribution in [2.24, 2.45) is 0 Å². The highest BCUT2D eigenvalue weighted by Crippen LogP contribution is 2.38. The minimum absolute atomic E-state index is 0.0103. The van der Waals surface area contributed by atoms with Gasteiger partial charge >= 0.3 is 6.18 Å². The van der Waals surface area contributed by atoms with Crippen LogP contribution in [0.2, 0.25) is 0 Å². The van der Waals surface area contributed by atoms with Crippen molar-refractivity contribution in [2.45, 2.75) is 6.18 Å². The summed E-state index contributed by atoms with van der Waals surface area (Å²) in [4.78, 5) is 24.9. The number of carboxylic acid groups (broad SMARTS) is 1. The van der Waals surface area contributed by atoms with Crippen LogP contribution >= 0.6 is 24.0 Å². The number of carboxylic acids is 1. The van der Waals surface area contributed by atoms with E-state index in [9.17, 15) is 27.9 Å². The lowest BCUT2D eigenvalue weighted by Gasteiger charge is -2.16. The number of benzene rings is 2. The Morgan fingerprint density at radius 3 is 2.52 bits per heavy atom. The molecule has 0 saturated carbocycles. The van der Waals surface area contributed by atoms with Gasteiger partial charge in [0.15, 0.2) is 4.32 Å². The normalized spacial score (nSPS) is 16.3. The van der Waals surface area contributed by atoms with E-state index in [0.29, 0.717) is 0 Å². The third kappa shape index (κ3) is 3.88. The van der Waals surface area contributed by atoms with Gasteiger partial charge in [-0.3, -0.25) is 9.69 Å². The van der Waals surface area contributed by atoms with Gasteiger partial charge in [-0.2, -0.15) is 13.2 Å². The van der Waals surface area contributed by atoms with Gasteiger partial charge in [-0.15, -0.1) is 0 Å². The lowest BCUT2D eigenvalue weighted by Crippen LogP contribution is -2.27. The third-order valence-corrected chi connectivity index (χ3v) is 4.99. The Hall–Kier alpha value is -2.65. The number of carbonyl (C=O) groups is 2. The fourth-order valence-corrected chi connectivity index (χ4v) is 3.75. The molecule has 1 aliphatic rings. The maximum Gasteiger partial charge on any atom is 0.416 e. The number of thiocarbonyl (C=S) groups is 1. The molecule has 0 radical (unpaired) electrons. The van der Waals surface area contributed by atoms with E-state index in [1.165, 1.54) is 36.4 Å². The molecule has 0 atom stereocenters. The molecule has 0 N–H and O–H groups in total. The zero-order chi connectivity index (χ0) is 19.8. The average molecular weight is 408 g/mol. The van der Waals surface area contributed by atoms with Crippen LogP contribution in [0.4, 0.5) is 18.9 Å². The first-order valence-electron chi connectivity index (χ1n) is 7.44. The highest BCUT2D eigenvalue weighted by atomic mass is 32.2. The quantitative estimate of drug-likeness (QED) is 0.575. The van der Waals surface area contributed by atoms with Crippen LogP contribution in [0.5, 0.6) is 0 Å². The number of thioether (sulfide) groups is 1. The van der Waals surface area contributed by atoms with Crippen molar-refractivity contribution in [3.8, 4) is 0 Å². The largest absolute Gasteiger partial charge is 0.545 e. The van der Waals surface area contributed by atoms with E-state index in [0.717, 1.165) is 28.8 Å². The third-order valence-electron chi connectivity index (χ3n) is 3.69. The molecule has 138 valence electrons. The van der Waals surface area contributed by atoms with Gasteiger partial charge in [0.05, 0.1) is 22.1 Å². The van der Waals surface area contributed by atoms with Crippen molar-refractivity contribution in [1.82, 2.24) is 0 Å². The Kier molecular flexibility index (Phi) is 5.07. The summed E-state index contributed by atoms with van der Waals surface area (Å²) in [5.41, 5.74) is -0.784. The summed E-state index contributed by atoms with van der Waals surface area (Å²) in [5, 5.41) is 11.2.